The second-order valence-electron chi connectivity index (χ2n) is 5.44. The lowest BCUT2D eigenvalue weighted by Crippen LogP contribution is -2.19. The van der Waals surface area contributed by atoms with Gasteiger partial charge in [0.15, 0.2) is 5.17 Å². The molecule has 0 bridgehead atoms. The second-order valence-corrected chi connectivity index (χ2v) is 7.32. The van der Waals surface area contributed by atoms with Crippen LogP contribution in [-0.2, 0) is 11.4 Å². The SMILES string of the molecule is Cc1ccc(COc2ccc(Br)cc2C=NN=C2NC(=O)CS2)cc1. The van der Waals surface area contributed by atoms with Gasteiger partial charge in [0.1, 0.15) is 12.4 Å². The van der Waals surface area contributed by atoms with E-state index in [1.807, 2.05) is 30.3 Å². The number of carbonyl (C=O) groups is 1. The molecule has 0 aromatic heterocycles. The van der Waals surface area contributed by atoms with Crippen LogP contribution in [0.4, 0.5) is 0 Å². The lowest BCUT2D eigenvalue weighted by Gasteiger charge is -2.09. The molecule has 1 N–H and O–H groups in total. The van der Waals surface area contributed by atoms with Crippen molar-refractivity contribution in [3.63, 3.8) is 0 Å². The molecule has 7 heteroatoms. The molecule has 1 saturated heterocycles. The Labute approximate surface area is 158 Å². The molecule has 3 rings (SSSR count). The summed E-state index contributed by atoms with van der Waals surface area (Å²) in [6.07, 6.45) is 1.62. The molecule has 5 nitrogen and oxygen atoms in total. The van der Waals surface area contributed by atoms with Crippen LogP contribution in [0.15, 0.2) is 57.1 Å². The quantitative estimate of drug-likeness (QED) is 0.592. The Kier molecular flexibility index (Phi) is 5.88. The lowest BCUT2D eigenvalue weighted by molar-refractivity contribution is -0.116. The molecular formula is C18H16BrN3O2S. The van der Waals surface area contributed by atoms with Crippen LogP contribution in [0.25, 0.3) is 0 Å². The summed E-state index contributed by atoms with van der Waals surface area (Å²) in [5, 5.41) is 11.2. The highest BCUT2D eigenvalue weighted by molar-refractivity contribution is 9.10. The number of amides is 1. The van der Waals surface area contributed by atoms with Crippen molar-refractivity contribution >= 4 is 45.0 Å². The van der Waals surface area contributed by atoms with Gasteiger partial charge in [0.25, 0.3) is 0 Å². The summed E-state index contributed by atoms with van der Waals surface area (Å²) in [6.45, 7) is 2.53. The van der Waals surface area contributed by atoms with Crippen molar-refractivity contribution in [2.75, 3.05) is 5.75 Å². The van der Waals surface area contributed by atoms with Gasteiger partial charge in [-0.3, -0.25) is 4.79 Å². The Morgan fingerprint density at radius 1 is 1.28 bits per heavy atom. The number of rotatable bonds is 5. The largest absolute Gasteiger partial charge is 0.488 e. The number of carbonyl (C=O) groups excluding carboxylic acids is 1. The normalized spacial score (nSPS) is 15.8. The first-order valence-electron chi connectivity index (χ1n) is 7.62. The number of aryl methyl sites for hydroxylation is 1. The highest BCUT2D eigenvalue weighted by Gasteiger charge is 2.16. The number of halogens is 1. The molecule has 1 fully saturated rings. The third-order valence-electron chi connectivity index (χ3n) is 3.42. The van der Waals surface area contributed by atoms with E-state index in [1.54, 1.807) is 6.21 Å². The lowest BCUT2D eigenvalue weighted by atomic mass is 10.1. The van der Waals surface area contributed by atoms with E-state index in [2.05, 4.69) is 50.5 Å². The fourth-order valence-electron chi connectivity index (χ4n) is 2.12. The zero-order valence-corrected chi connectivity index (χ0v) is 15.9. The zero-order valence-electron chi connectivity index (χ0n) is 13.5. The molecule has 1 aliphatic heterocycles. The summed E-state index contributed by atoms with van der Waals surface area (Å²) < 4.78 is 6.85. The van der Waals surface area contributed by atoms with Gasteiger partial charge in [-0.05, 0) is 30.7 Å². The minimum absolute atomic E-state index is 0.0523. The summed E-state index contributed by atoms with van der Waals surface area (Å²) in [7, 11) is 0. The Hall–Kier alpha value is -2.12. The van der Waals surface area contributed by atoms with E-state index < -0.39 is 0 Å². The van der Waals surface area contributed by atoms with E-state index in [1.165, 1.54) is 17.3 Å². The maximum atomic E-state index is 11.1. The molecule has 25 heavy (non-hydrogen) atoms. The van der Waals surface area contributed by atoms with Crippen LogP contribution >= 0.6 is 27.7 Å². The second kappa shape index (κ2) is 8.31. The molecule has 0 spiro atoms. The highest BCUT2D eigenvalue weighted by atomic mass is 79.9. The topological polar surface area (TPSA) is 63.1 Å². The number of thioether (sulfide) groups is 1. The zero-order chi connectivity index (χ0) is 17.6. The van der Waals surface area contributed by atoms with E-state index in [0.29, 0.717) is 17.5 Å². The van der Waals surface area contributed by atoms with Gasteiger partial charge >= 0.3 is 0 Å². The van der Waals surface area contributed by atoms with Gasteiger partial charge in [-0.1, -0.05) is 57.5 Å². The fraction of sp³-hybridized carbons (Fsp3) is 0.167. The predicted octanol–water partition coefficient (Wildman–Crippen LogP) is 3.89. The van der Waals surface area contributed by atoms with Crippen LogP contribution in [-0.4, -0.2) is 23.0 Å². The predicted molar refractivity (Wildman–Crippen MR) is 105 cm³/mol. The summed E-state index contributed by atoms with van der Waals surface area (Å²) in [6, 6.07) is 13.9. The maximum Gasteiger partial charge on any atom is 0.236 e. The van der Waals surface area contributed by atoms with Gasteiger partial charge in [-0.15, -0.1) is 5.10 Å². The Bertz CT molecular complexity index is 835. The Morgan fingerprint density at radius 2 is 2.08 bits per heavy atom. The van der Waals surface area contributed by atoms with Crippen molar-refractivity contribution < 1.29 is 9.53 Å². The first kappa shape index (κ1) is 17.7. The molecule has 128 valence electrons. The van der Waals surface area contributed by atoms with Crippen molar-refractivity contribution in [3.8, 4) is 5.75 Å². The molecule has 0 atom stereocenters. The average Bonchev–Trinajstić information content (AvgIpc) is 3.01. The summed E-state index contributed by atoms with van der Waals surface area (Å²) >= 11 is 4.79. The number of nitrogens with zero attached hydrogens (tertiary/aromatic N) is 2. The van der Waals surface area contributed by atoms with Crippen LogP contribution in [0.1, 0.15) is 16.7 Å². The Morgan fingerprint density at radius 3 is 2.80 bits per heavy atom. The van der Waals surface area contributed by atoms with E-state index in [-0.39, 0.29) is 5.91 Å². The summed E-state index contributed by atoms with van der Waals surface area (Å²) in [4.78, 5) is 11.1. The van der Waals surface area contributed by atoms with E-state index in [0.717, 1.165) is 21.3 Å². The third-order valence-corrected chi connectivity index (χ3v) is 4.78. The van der Waals surface area contributed by atoms with Crippen LogP contribution in [0.2, 0.25) is 0 Å². The first-order valence-corrected chi connectivity index (χ1v) is 9.39. The van der Waals surface area contributed by atoms with Gasteiger partial charge in [0.05, 0.1) is 12.0 Å². The number of nitrogens with one attached hydrogen (secondary N) is 1. The number of ether oxygens (including phenoxy) is 1. The summed E-state index contributed by atoms with van der Waals surface area (Å²) in [5.74, 6) is 1.05. The summed E-state index contributed by atoms with van der Waals surface area (Å²) in [5.41, 5.74) is 3.12. The molecule has 2 aromatic carbocycles. The van der Waals surface area contributed by atoms with E-state index in [9.17, 15) is 4.79 Å². The first-order chi connectivity index (χ1) is 12.1. The van der Waals surface area contributed by atoms with Crippen molar-refractivity contribution in [3.05, 3.63) is 63.6 Å². The molecule has 1 amide bonds. The molecule has 0 radical (unpaired) electrons. The monoisotopic (exact) mass is 417 g/mol. The molecule has 2 aromatic rings. The van der Waals surface area contributed by atoms with Crippen molar-refractivity contribution in [2.24, 2.45) is 10.2 Å². The molecule has 1 heterocycles. The fourth-order valence-corrected chi connectivity index (χ4v) is 3.13. The number of hydrogen-bond donors (Lipinski definition) is 1. The third kappa shape index (κ3) is 5.17. The van der Waals surface area contributed by atoms with E-state index >= 15 is 0 Å². The minimum atomic E-state index is -0.0523. The number of hydrogen-bond acceptors (Lipinski definition) is 5. The highest BCUT2D eigenvalue weighted by Crippen LogP contribution is 2.23. The van der Waals surface area contributed by atoms with Crippen LogP contribution in [0, 0.1) is 6.92 Å². The smallest absolute Gasteiger partial charge is 0.236 e. The van der Waals surface area contributed by atoms with Gasteiger partial charge in [0.2, 0.25) is 5.91 Å². The van der Waals surface area contributed by atoms with E-state index in [4.69, 9.17) is 4.74 Å². The van der Waals surface area contributed by atoms with Gasteiger partial charge in [-0.2, -0.15) is 5.10 Å². The molecule has 0 aliphatic carbocycles. The van der Waals surface area contributed by atoms with Crippen LogP contribution in [0.3, 0.4) is 0 Å². The minimum Gasteiger partial charge on any atom is -0.488 e. The molecule has 1 aliphatic rings. The number of amidine groups is 1. The molecule has 0 saturated carbocycles. The van der Waals surface area contributed by atoms with Crippen molar-refractivity contribution in [1.82, 2.24) is 5.32 Å². The van der Waals surface area contributed by atoms with Crippen molar-refractivity contribution in [1.29, 1.82) is 0 Å². The van der Waals surface area contributed by atoms with Gasteiger partial charge in [-0.25, -0.2) is 0 Å². The Balaban J connectivity index is 1.71. The van der Waals surface area contributed by atoms with Crippen LogP contribution in [0.5, 0.6) is 5.75 Å². The van der Waals surface area contributed by atoms with Gasteiger partial charge < -0.3 is 10.1 Å². The van der Waals surface area contributed by atoms with Gasteiger partial charge in [0, 0.05) is 10.0 Å². The van der Waals surface area contributed by atoms with Crippen molar-refractivity contribution in [2.45, 2.75) is 13.5 Å². The van der Waals surface area contributed by atoms with Crippen LogP contribution < -0.4 is 10.1 Å². The average molecular weight is 418 g/mol. The molecule has 0 unspecified atom stereocenters. The maximum absolute atomic E-state index is 11.1. The molecular weight excluding hydrogens is 402 g/mol. The standard InChI is InChI=1S/C18H16BrN3O2S/c1-12-2-4-13(5-3-12)10-24-16-7-6-15(19)8-14(16)9-20-22-18-21-17(23)11-25-18/h2-9H,10-11H2,1H3,(H,21,22,23). The number of benzene rings is 2.